The van der Waals surface area contributed by atoms with Gasteiger partial charge in [0.05, 0.1) is 0 Å². The molecule has 0 fully saturated rings. The zero-order chi connectivity index (χ0) is 16.8. The van der Waals surface area contributed by atoms with Crippen molar-refractivity contribution in [3.8, 4) is 6.07 Å². The summed E-state index contributed by atoms with van der Waals surface area (Å²) < 4.78 is 29.8. The van der Waals surface area contributed by atoms with Gasteiger partial charge < -0.3 is 9.73 Å². The molecule has 1 aromatic carbocycles. The molecule has 23 heavy (non-hydrogen) atoms. The Bertz CT molecular complexity index is 761. The van der Waals surface area contributed by atoms with Crippen molar-refractivity contribution < 1.29 is 18.0 Å². The van der Waals surface area contributed by atoms with Crippen LogP contribution in [0.5, 0.6) is 0 Å². The van der Waals surface area contributed by atoms with Crippen LogP contribution in [0, 0.1) is 18.3 Å². The maximum atomic E-state index is 12.2. The van der Waals surface area contributed by atoms with Crippen LogP contribution in [0.2, 0.25) is 0 Å². The number of benzene rings is 1. The first-order chi connectivity index (χ1) is 11.0. The zero-order valence-corrected chi connectivity index (χ0v) is 12.9. The van der Waals surface area contributed by atoms with E-state index < -0.39 is 11.7 Å². The molecule has 0 saturated heterocycles. The van der Waals surface area contributed by atoms with E-state index >= 15 is 0 Å². The van der Waals surface area contributed by atoms with Crippen LogP contribution in [0.1, 0.15) is 11.5 Å². The maximum Gasteiger partial charge on any atom is 0.288 e. The quantitative estimate of drug-likeness (QED) is 0.498. The molecule has 1 N–H and O–H groups in total. The number of nitriles is 1. The lowest BCUT2D eigenvalue weighted by Crippen LogP contribution is -2.13. The van der Waals surface area contributed by atoms with Crippen LogP contribution in [0.3, 0.4) is 0 Å². The Kier molecular flexibility index (Phi) is 5.55. The molecular weight excluding hydrogens is 322 g/mol. The molecule has 118 valence electrons. The minimum absolute atomic E-state index is 0.120. The first-order valence-corrected chi connectivity index (χ1v) is 7.40. The average Bonchev–Trinajstić information content (AvgIpc) is 2.91. The van der Waals surface area contributed by atoms with Gasteiger partial charge in [-0.1, -0.05) is 11.8 Å². The van der Waals surface area contributed by atoms with Gasteiger partial charge in [-0.2, -0.15) is 14.0 Å². The van der Waals surface area contributed by atoms with Gasteiger partial charge in [0.25, 0.3) is 11.7 Å². The van der Waals surface area contributed by atoms with Crippen LogP contribution in [0.25, 0.3) is 6.08 Å². The molecular formula is C16H12F2N2O2S. The Labute approximate surface area is 135 Å². The van der Waals surface area contributed by atoms with Crippen molar-refractivity contribution in [1.29, 1.82) is 5.26 Å². The molecule has 7 heteroatoms. The number of aryl methyl sites for hydroxylation is 1. The highest BCUT2D eigenvalue weighted by Gasteiger charge is 2.11. The van der Waals surface area contributed by atoms with E-state index in [1.54, 1.807) is 25.1 Å². The van der Waals surface area contributed by atoms with Gasteiger partial charge in [-0.05, 0) is 43.3 Å². The third-order valence-electron chi connectivity index (χ3n) is 2.75. The normalized spacial score (nSPS) is 11.3. The lowest BCUT2D eigenvalue weighted by Gasteiger charge is -2.05. The molecule has 1 aromatic heterocycles. The Morgan fingerprint density at radius 2 is 2.00 bits per heavy atom. The maximum absolute atomic E-state index is 12.2. The summed E-state index contributed by atoms with van der Waals surface area (Å²) in [5.74, 6) is -2.03. The molecule has 2 aromatic rings. The summed E-state index contributed by atoms with van der Waals surface area (Å²) in [6.45, 7) is 1.75. The van der Waals surface area contributed by atoms with Crippen LogP contribution in [0.15, 0.2) is 51.3 Å². The van der Waals surface area contributed by atoms with Crippen LogP contribution >= 0.6 is 11.8 Å². The first-order valence-electron chi connectivity index (χ1n) is 6.52. The number of carbonyl (C=O) groups excluding carboxylic acids is 1. The van der Waals surface area contributed by atoms with Crippen molar-refractivity contribution in [2.45, 2.75) is 17.6 Å². The number of anilines is 1. The molecule has 0 aliphatic heterocycles. The summed E-state index contributed by atoms with van der Waals surface area (Å²) in [4.78, 5) is 12.4. The van der Waals surface area contributed by atoms with E-state index in [2.05, 4.69) is 5.32 Å². The fraction of sp³-hybridized carbons (Fsp3) is 0.125. The molecule has 0 bridgehead atoms. The van der Waals surface area contributed by atoms with Crippen molar-refractivity contribution in [3.05, 3.63) is 53.5 Å². The summed E-state index contributed by atoms with van der Waals surface area (Å²) >= 11 is 0.419. The summed E-state index contributed by atoms with van der Waals surface area (Å²) in [5.41, 5.74) is 0.288. The third-order valence-corrected chi connectivity index (χ3v) is 3.47. The van der Waals surface area contributed by atoms with Gasteiger partial charge in [0.15, 0.2) is 0 Å². The van der Waals surface area contributed by atoms with Gasteiger partial charge in [-0.3, -0.25) is 4.79 Å². The van der Waals surface area contributed by atoms with E-state index in [0.29, 0.717) is 33.9 Å². The van der Waals surface area contributed by atoms with Gasteiger partial charge in [0, 0.05) is 16.7 Å². The molecule has 0 aliphatic rings. The molecule has 1 amide bonds. The predicted molar refractivity (Wildman–Crippen MR) is 84.0 cm³/mol. The number of nitrogens with one attached hydrogen (secondary N) is 1. The van der Waals surface area contributed by atoms with E-state index in [0.717, 1.165) is 0 Å². The Morgan fingerprint density at radius 3 is 2.52 bits per heavy atom. The Balaban J connectivity index is 2.08. The molecule has 1 heterocycles. The number of nitrogens with zero attached hydrogens (tertiary/aromatic N) is 1. The number of hydrogen-bond acceptors (Lipinski definition) is 4. The monoisotopic (exact) mass is 334 g/mol. The molecule has 0 spiro atoms. The van der Waals surface area contributed by atoms with E-state index in [4.69, 9.17) is 9.68 Å². The van der Waals surface area contributed by atoms with Crippen LogP contribution in [0.4, 0.5) is 14.5 Å². The number of rotatable bonds is 5. The van der Waals surface area contributed by atoms with Crippen LogP contribution in [-0.2, 0) is 4.79 Å². The Hall–Kier alpha value is -2.59. The second kappa shape index (κ2) is 7.61. The number of carbonyl (C=O) groups is 1. The summed E-state index contributed by atoms with van der Waals surface area (Å²) in [5, 5.41) is 11.6. The summed E-state index contributed by atoms with van der Waals surface area (Å²) in [6, 6.07) is 11.1. The van der Waals surface area contributed by atoms with Crippen molar-refractivity contribution in [2.75, 3.05) is 5.32 Å². The molecule has 0 radical (unpaired) electrons. The highest BCUT2D eigenvalue weighted by molar-refractivity contribution is 7.99. The number of halogens is 2. The SMILES string of the molecule is Cc1ccc(C=C(C#N)C(=O)Nc2ccc(SC(F)F)cc2)o1. The molecule has 0 saturated carbocycles. The molecule has 0 atom stereocenters. The van der Waals surface area contributed by atoms with Crippen molar-refractivity contribution in [1.82, 2.24) is 0 Å². The van der Waals surface area contributed by atoms with E-state index in [-0.39, 0.29) is 5.57 Å². The first kappa shape index (κ1) is 16.8. The topological polar surface area (TPSA) is 66.0 Å². The largest absolute Gasteiger partial charge is 0.462 e. The fourth-order valence-electron chi connectivity index (χ4n) is 1.74. The predicted octanol–water partition coefficient (Wildman–Crippen LogP) is 4.45. The fourth-order valence-corrected chi connectivity index (χ4v) is 2.24. The molecule has 2 rings (SSSR count). The second-order valence-electron chi connectivity index (χ2n) is 4.48. The minimum Gasteiger partial charge on any atom is -0.462 e. The minimum atomic E-state index is -2.50. The smallest absolute Gasteiger partial charge is 0.288 e. The highest BCUT2D eigenvalue weighted by atomic mass is 32.2. The molecule has 0 aliphatic carbocycles. The molecule has 4 nitrogen and oxygen atoms in total. The molecule has 0 unspecified atom stereocenters. The van der Waals surface area contributed by atoms with E-state index in [1.165, 1.54) is 30.3 Å². The highest BCUT2D eigenvalue weighted by Crippen LogP contribution is 2.26. The van der Waals surface area contributed by atoms with Gasteiger partial charge >= 0.3 is 0 Å². The van der Waals surface area contributed by atoms with E-state index in [1.807, 2.05) is 0 Å². The van der Waals surface area contributed by atoms with Crippen molar-refractivity contribution in [3.63, 3.8) is 0 Å². The number of alkyl halides is 2. The number of hydrogen-bond donors (Lipinski definition) is 1. The van der Waals surface area contributed by atoms with Gasteiger partial charge in [0.2, 0.25) is 0 Å². The third kappa shape index (κ3) is 4.97. The second-order valence-corrected chi connectivity index (χ2v) is 5.54. The summed E-state index contributed by atoms with van der Waals surface area (Å²) in [7, 11) is 0. The number of furan rings is 1. The van der Waals surface area contributed by atoms with Crippen molar-refractivity contribution in [2.24, 2.45) is 0 Å². The van der Waals surface area contributed by atoms with Gasteiger partial charge in [-0.25, -0.2) is 0 Å². The summed E-state index contributed by atoms with van der Waals surface area (Å²) in [6.07, 6.45) is 1.34. The van der Waals surface area contributed by atoms with Gasteiger partial charge in [0.1, 0.15) is 23.2 Å². The average molecular weight is 334 g/mol. The Morgan fingerprint density at radius 1 is 1.30 bits per heavy atom. The lowest BCUT2D eigenvalue weighted by atomic mass is 10.2. The van der Waals surface area contributed by atoms with Crippen LogP contribution < -0.4 is 5.32 Å². The zero-order valence-electron chi connectivity index (χ0n) is 12.0. The van der Waals surface area contributed by atoms with Gasteiger partial charge in [-0.15, -0.1) is 0 Å². The number of thioether (sulfide) groups is 1. The standard InChI is InChI=1S/C16H12F2N2O2S/c1-10-2-5-13(22-10)8-11(9-19)15(21)20-12-3-6-14(7-4-12)23-16(17)18/h2-8,16H,1H3,(H,20,21). The lowest BCUT2D eigenvalue weighted by molar-refractivity contribution is -0.112. The number of amides is 1. The van der Waals surface area contributed by atoms with Crippen LogP contribution in [-0.4, -0.2) is 11.7 Å². The van der Waals surface area contributed by atoms with Crippen molar-refractivity contribution >= 4 is 29.4 Å². The van der Waals surface area contributed by atoms with E-state index in [9.17, 15) is 13.6 Å².